The number of aryl methyl sites for hydroxylation is 1. The van der Waals surface area contributed by atoms with E-state index in [-0.39, 0.29) is 17.9 Å². The van der Waals surface area contributed by atoms with Crippen LogP contribution in [0.1, 0.15) is 36.9 Å². The molecular formula is C24H24N2O3. The van der Waals surface area contributed by atoms with Gasteiger partial charge in [0.05, 0.1) is 12.4 Å². The molecule has 0 saturated heterocycles. The monoisotopic (exact) mass is 388 g/mol. The van der Waals surface area contributed by atoms with Crippen LogP contribution >= 0.6 is 0 Å². The highest BCUT2D eigenvalue weighted by Crippen LogP contribution is 2.37. The Labute approximate surface area is 170 Å². The average Bonchev–Trinajstić information content (AvgIpc) is 3.23. The summed E-state index contributed by atoms with van der Waals surface area (Å²) in [7, 11) is 0. The molecule has 29 heavy (non-hydrogen) atoms. The van der Waals surface area contributed by atoms with Crippen molar-refractivity contribution in [1.29, 1.82) is 0 Å². The standard InChI is InChI=1S/C24H24N2O3/c1-15(2)29-19-11-9-18(10-12-19)26-23(21-5-4-14-28-21)20-13-8-17-7-6-16(3)25-22(17)24(20)27/h4-15,23,26-27H,1-3H3. The molecule has 2 aromatic carbocycles. The predicted molar refractivity (Wildman–Crippen MR) is 115 cm³/mol. The summed E-state index contributed by atoms with van der Waals surface area (Å²) in [6, 6.07) is 18.9. The van der Waals surface area contributed by atoms with E-state index in [4.69, 9.17) is 9.15 Å². The highest BCUT2D eigenvalue weighted by atomic mass is 16.5. The van der Waals surface area contributed by atoms with Crippen LogP contribution in [0.4, 0.5) is 5.69 Å². The number of aromatic hydroxyl groups is 1. The third-order valence-electron chi connectivity index (χ3n) is 4.68. The number of rotatable bonds is 6. The Bertz CT molecular complexity index is 1100. The number of phenols is 1. The lowest BCUT2D eigenvalue weighted by atomic mass is 10.00. The summed E-state index contributed by atoms with van der Waals surface area (Å²) in [5, 5.41) is 15.4. The first-order valence-corrected chi connectivity index (χ1v) is 9.67. The summed E-state index contributed by atoms with van der Waals surface area (Å²) < 4.78 is 11.4. The van der Waals surface area contributed by atoms with Crippen LogP contribution in [0.5, 0.6) is 11.5 Å². The molecule has 1 unspecified atom stereocenters. The number of fused-ring (bicyclic) bond motifs is 1. The van der Waals surface area contributed by atoms with E-state index in [0.29, 0.717) is 16.8 Å². The van der Waals surface area contributed by atoms with Crippen LogP contribution in [-0.4, -0.2) is 16.2 Å². The summed E-state index contributed by atoms with van der Waals surface area (Å²) in [5.74, 6) is 1.67. The molecule has 0 aliphatic rings. The Morgan fingerprint density at radius 2 is 1.76 bits per heavy atom. The zero-order valence-corrected chi connectivity index (χ0v) is 16.7. The highest BCUT2D eigenvalue weighted by Gasteiger charge is 2.22. The van der Waals surface area contributed by atoms with Crippen molar-refractivity contribution in [2.45, 2.75) is 32.9 Å². The summed E-state index contributed by atoms with van der Waals surface area (Å²) in [4.78, 5) is 4.52. The normalized spacial score (nSPS) is 12.3. The van der Waals surface area contributed by atoms with Crippen LogP contribution in [0.25, 0.3) is 10.9 Å². The molecule has 4 rings (SSSR count). The van der Waals surface area contributed by atoms with E-state index in [2.05, 4.69) is 10.3 Å². The van der Waals surface area contributed by atoms with Gasteiger partial charge in [-0.1, -0.05) is 18.2 Å². The molecule has 0 aliphatic heterocycles. The first-order chi connectivity index (χ1) is 14.0. The Morgan fingerprint density at radius 3 is 2.45 bits per heavy atom. The lowest BCUT2D eigenvalue weighted by Gasteiger charge is -2.20. The third kappa shape index (κ3) is 4.04. The zero-order chi connectivity index (χ0) is 20.4. The SMILES string of the molecule is Cc1ccc2ccc(C(Nc3ccc(OC(C)C)cc3)c3ccco3)c(O)c2n1. The van der Waals surface area contributed by atoms with Crippen LogP contribution in [-0.2, 0) is 0 Å². The fourth-order valence-electron chi connectivity index (χ4n) is 3.35. The Kier molecular flexibility index (Phi) is 5.12. The lowest BCUT2D eigenvalue weighted by molar-refractivity contribution is 0.242. The van der Waals surface area contributed by atoms with Crippen molar-refractivity contribution >= 4 is 16.6 Å². The summed E-state index contributed by atoms with van der Waals surface area (Å²) in [6.45, 7) is 5.91. The minimum Gasteiger partial charge on any atom is -0.505 e. The number of pyridine rings is 1. The molecular weight excluding hydrogens is 364 g/mol. The molecule has 0 amide bonds. The van der Waals surface area contributed by atoms with Gasteiger partial charge in [-0.15, -0.1) is 0 Å². The van der Waals surface area contributed by atoms with Gasteiger partial charge < -0.3 is 19.6 Å². The largest absolute Gasteiger partial charge is 0.505 e. The van der Waals surface area contributed by atoms with Gasteiger partial charge in [0.1, 0.15) is 28.8 Å². The van der Waals surface area contributed by atoms with Crippen LogP contribution in [0.2, 0.25) is 0 Å². The van der Waals surface area contributed by atoms with Crippen molar-refractivity contribution in [3.8, 4) is 11.5 Å². The van der Waals surface area contributed by atoms with Gasteiger partial charge in [0.25, 0.3) is 0 Å². The number of anilines is 1. The first-order valence-electron chi connectivity index (χ1n) is 9.67. The van der Waals surface area contributed by atoms with E-state index in [1.165, 1.54) is 0 Å². The maximum atomic E-state index is 11.0. The van der Waals surface area contributed by atoms with Gasteiger partial charge in [0.2, 0.25) is 0 Å². The lowest BCUT2D eigenvalue weighted by Crippen LogP contribution is -2.12. The number of ether oxygens (including phenoxy) is 1. The van der Waals surface area contributed by atoms with E-state index in [1.807, 2.05) is 81.4 Å². The van der Waals surface area contributed by atoms with Gasteiger partial charge in [-0.05, 0) is 63.2 Å². The maximum absolute atomic E-state index is 11.0. The molecule has 5 heteroatoms. The molecule has 0 aliphatic carbocycles. The molecule has 0 saturated carbocycles. The summed E-state index contributed by atoms with van der Waals surface area (Å²) in [6.07, 6.45) is 1.75. The first kappa shape index (κ1) is 18.9. The van der Waals surface area contributed by atoms with Crippen molar-refractivity contribution in [3.05, 3.63) is 83.9 Å². The van der Waals surface area contributed by atoms with E-state index >= 15 is 0 Å². The summed E-state index contributed by atoms with van der Waals surface area (Å²) >= 11 is 0. The van der Waals surface area contributed by atoms with Crippen molar-refractivity contribution in [3.63, 3.8) is 0 Å². The fraction of sp³-hybridized carbons (Fsp3) is 0.208. The van der Waals surface area contributed by atoms with Gasteiger partial charge in [-0.2, -0.15) is 0 Å². The number of furan rings is 1. The topological polar surface area (TPSA) is 67.5 Å². The number of nitrogens with one attached hydrogen (secondary N) is 1. The second-order valence-electron chi connectivity index (χ2n) is 7.31. The molecule has 2 aromatic heterocycles. The number of benzene rings is 2. The minimum absolute atomic E-state index is 0.121. The van der Waals surface area contributed by atoms with Gasteiger partial charge in [0, 0.05) is 22.3 Å². The van der Waals surface area contributed by atoms with Crippen LogP contribution < -0.4 is 10.1 Å². The molecule has 148 valence electrons. The molecule has 0 radical (unpaired) electrons. The number of hydrogen-bond donors (Lipinski definition) is 2. The van der Waals surface area contributed by atoms with Crippen molar-refractivity contribution in [2.24, 2.45) is 0 Å². The molecule has 0 bridgehead atoms. The smallest absolute Gasteiger partial charge is 0.147 e. The number of phenolic OH excluding ortho intramolecular Hbond substituents is 1. The van der Waals surface area contributed by atoms with Gasteiger partial charge in [0.15, 0.2) is 0 Å². The van der Waals surface area contributed by atoms with Crippen LogP contribution in [0.15, 0.2) is 71.3 Å². The highest BCUT2D eigenvalue weighted by molar-refractivity contribution is 5.86. The van der Waals surface area contributed by atoms with Crippen LogP contribution in [0.3, 0.4) is 0 Å². The second kappa shape index (κ2) is 7.87. The third-order valence-corrected chi connectivity index (χ3v) is 4.68. The Morgan fingerprint density at radius 1 is 1.00 bits per heavy atom. The minimum atomic E-state index is -0.367. The number of hydrogen-bond acceptors (Lipinski definition) is 5. The molecule has 1 atom stereocenters. The van der Waals surface area contributed by atoms with Gasteiger partial charge >= 0.3 is 0 Å². The van der Waals surface area contributed by atoms with Crippen molar-refractivity contribution in [1.82, 2.24) is 4.98 Å². The van der Waals surface area contributed by atoms with E-state index in [9.17, 15) is 5.11 Å². The molecule has 5 nitrogen and oxygen atoms in total. The van der Waals surface area contributed by atoms with E-state index in [0.717, 1.165) is 22.5 Å². The zero-order valence-electron chi connectivity index (χ0n) is 16.7. The molecule has 2 N–H and O–H groups in total. The Hall–Kier alpha value is -3.47. The van der Waals surface area contributed by atoms with Crippen molar-refractivity contribution < 1.29 is 14.3 Å². The van der Waals surface area contributed by atoms with Crippen LogP contribution in [0, 0.1) is 6.92 Å². The second-order valence-corrected chi connectivity index (χ2v) is 7.31. The Balaban J connectivity index is 1.72. The molecule has 0 fully saturated rings. The summed E-state index contributed by atoms with van der Waals surface area (Å²) in [5.41, 5.74) is 3.03. The maximum Gasteiger partial charge on any atom is 0.147 e. The quantitative estimate of drug-likeness (QED) is 0.435. The number of aromatic nitrogens is 1. The molecule has 2 heterocycles. The average molecular weight is 388 g/mol. The fourth-order valence-corrected chi connectivity index (χ4v) is 3.35. The van der Waals surface area contributed by atoms with Gasteiger partial charge in [-0.3, -0.25) is 0 Å². The van der Waals surface area contributed by atoms with E-state index in [1.54, 1.807) is 6.26 Å². The molecule has 4 aromatic rings. The molecule has 0 spiro atoms. The van der Waals surface area contributed by atoms with Gasteiger partial charge in [-0.25, -0.2) is 4.98 Å². The van der Waals surface area contributed by atoms with E-state index < -0.39 is 0 Å². The predicted octanol–water partition coefficient (Wildman–Crippen LogP) is 5.83. The van der Waals surface area contributed by atoms with Crippen molar-refractivity contribution in [2.75, 3.05) is 5.32 Å². The number of nitrogens with zero attached hydrogens (tertiary/aromatic N) is 1.